The van der Waals surface area contributed by atoms with Gasteiger partial charge in [-0.1, -0.05) is 51.3 Å². The minimum Gasteiger partial charge on any atom is -0.467 e. The SMILES string of the molecule is COC(=O)C(NC(=O)c1cn(CC2CCCCC2)c2ccccc12)C(C)C. The molecule has 0 radical (unpaired) electrons. The number of methoxy groups -OCH3 is 1. The zero-order valence-corrected chi connectivity index (χ0v) is 16.5. The number of fused-ring (bicyclic) bond motifs is 1. The van der Waals surface area contributed by atoms with Gasteiger partial charge < -0.3 is 14.6 Å². The second kappa shape index (κ2) is 8.59. The number of para-hydroxylation sites is 1. The fourth-order valence-electron chi connectivity index (χ4n) is 4.07. The summed E-state index contributed by atoms with van der Waals surface area (Å²) in [5, 5.41) is 3.79. The van der Waals surface area contributed by atoms with E-state index < -0.39 is 12.0 Å². The summed E-state index contributed by atoms with van der Waals surface area (Å²) in [7, 11) is 1.35. The Morgan fingerprint density at radius 3 is 2.56 bits per heavy atom. The van der Waals surface area contributed by atoms with E-state index in [-0.39, 0.29) is 11.8 Å². The number of ether oxygens (including phenoxy) is 1. The predicted octanol–water partition coefficient (Wildman–Crippen LogP) is 4.15. The molecule has 1 aromatic heterocycles. The highest BCUT2D eigenvalue weighted by Gasteiger charge is 2.27. The Hall–Kier alpha value is -2.30. The number of amides is 1. The van der Waals surface area contributed by atoms with Gasteiger partial charge in [0.25, 0.3) is 5.91 Å². The van der Waals surface area contributed by atoms with Crippen LogP contribution in [0.4, 0.5) is 0 Å². The van der Waals surface area contributed by atoms with Crippen molar-refractivity contribution in [1.82, 2.24) is 9.88 Å². The number of esters is 1. The van der Waals surface area contributed by atoms with Gasteiger partial charge >= 0.3 is 5.97 Å². The smallest absolute Gasteiger partial charge is 0.328 e. The van der Waals surface area contributed by atoms with Crippen LogP contribution in [0.2, 0.25) is 0 Å². The summed E-state index contributed by atoms with van der Waals surface area (Å²) < 4.78 is 7.06. The first-order valence-corrected chi connectivity index (χ1v) is 9.97. The van der Waals surface area contributed by atoms with E-state index in [2.05, 4.69) is 16.0 Å². The van der Waals surface area contributed by atoms with Crippen molar-refractivity contribution in [3.8, 4) is 0 Å². The second-order valence-electron chi connectivity index (χ2n) is 7.93. The molecule has 0 aliphatic heterocycles. The number of nitrogens with one attached hydrogen (secondary N) is 1. The van der Waals surface area contributed by atoms with Crippen molar-refractivity contribution >= 4 is 22.8 Å². The Morgan fingerprint density at radius 1 is 1.19 bits per heavy atom. The lowest BCUT2D eigenvalue weighted by Gasteiger charge is -2.22. The van der Waals surface area contributed by atoms with Crippen molar-refractivity contribution in [3.63, 3.8) is 0 Å². The van der Waals surface area contributed by atoms with Crippen molar-refractivity contribution < 1.29 is 14.3 Å². The van der Waals surface area contributed by atoms with Crippen molar-refractivity contribution in [2.24, 2.45) is 11.8 Å². The Kier molecular flexibility index (Phi) is 6.19. The predicted molar refractivity (Wildman–Crippen MR) is 107 cm³/mol. The summed E-state index contributed by atoms with van der Waals surface area (Å²) in [5.41, 5.74) is 1.70. The maximum absolute atomic E-state index is 13.0. The molecule has 146 valence electrons. The van der Waals surface area contributed by atoms with E-state index in [0.717, 1.165) is 17.4 Å². The molecule has 1 saturated carbocycles. The number of benzene rings is 1. The Bertz CT molecular complexity index is 803. The summed E-state index contributed by atoms with van der Waals surface area (Å²) >= 11 is 0. The van der Waals surface area contributed by atoms with Gasteiger partial charge in [-0.05, 0) is 30.7 Å². The van der Waals surface area contributed by atoms with Crippen LogP contribution in [0, 0.1) is 11.8 Å². The Balaban J connectivity index is 1.87. The van der Waals surface area contributed by atoms with Crippen LogP contribution in [0.3, 0.4) is 0 Å². The molecule has 1 aliphatic carbocycles. The molecule has 0 spiro atoms. The van der Waals surface area contributed by atoms with Crippen molar-refractivity contribution in [2.45, 2.75) is 58.5 Å². The lowest BCUT2D eigenvalue weighted by molar-refractivity contribution is -0.144. The van der Waals surface area contributed by atoms with E-state index in [1.54, 1.807) is 0 Å². The molecule has 5 nitrogen and oxygen atoms in total. The fourth-order valence-corrected chi connectivity index (χ4v) is 4.07. The van der Waals surface area contributed by atoms with Crippen LogP contribution in [-0.2, 0) is 16.1 Å². The first kappa shape index (κ1) is 19.5. The number of rotatable bonds is 6. The lowest BCUT2D eigenvalue weighted by atomic mass is 9.89. The standard InChI is InChI=1S/C22H30N2O3/c1-15(2)20(22(26)27-3)23-21(25)18-14-24(13-16-9-5-4-6-10-16)19-12-8-7-11-17(18)19/h7-8,11-12,14-16,20H,4-6,9-10,13H2,1-3H3,(H,23,25). The number of hydrogen-bond acceptors (Lipinski definition) is 3. The van der Waals surface area contributed by atoms with E-state index in [1.807, 2.05) is 38.2 Å². The molecule has 1 aliphatic rings. The van der Waals surface area contributed by atoms with E-state index in [0.29, 0.717) is 11.5 Å². The minimum absolute atomic E-state index is 0.0445. The Labute approximate surface area is 161 Å². The van der Waals surface area contributed by atoms with Crippen molar-refractivity contribution in [1.29, 1.82) is 0 Å². The highest BCUT2D eigenvalue weighted by molar-refractivity contribution is 6.08. The molecule has 5 heteroatoms. The second-order valence-corrected chi connectivity index (χ2v) is 7.93. The topological polar surface area (TPSA) is 60.3 Å². The maximum atomic E-state index is 13.0. The van der Waals surface area contributed by atoms with Gasteiger partial charge in [0.15, 0.2) is 0 Å². The fraction of sp³-hybridized carbons (Fsp3) is 0.545. The van der Waals surface area contributed by atoms with E-state index in [4.69, 9.17) is 4.74 Å². The molecule has 1 aromatic carbocycles. The van der Waals surface area contributed by atoms with Gasteiger partial charge in [-0.3, -0.25) is 4.79 Å². The van der Waals surface area contributed by atoms with Gasteiger partial charge in [-0.2, -0.15) is 0 Å². The van der Waals surface area contributed by atoms with Gasteiger partial charge in [0.05, 0.1) is 12.7 Å². The van der Waals surface area contributed by atoms with Crippen LogP contribution in [0.25, 0.3) is 10.9 Å². The normalized spacial score (nSPS) is 16.4. The molecular formula is C22H30N2O3. The van der Waals surface area contributed by atoms with Gasteiger partial charge in [0, 0.05) is 23.6 Å². The largest absolute Gasteiger partial charge is 0.467 e. The third-order valence-electron chi connectivity index (χ3n) is 5.62. The average Bonchev–Trinajstić information content (AvgIpc) is 3.04. The lowest BCUT2D eigenvalue weighted by Crippen LogP contribution is -2.45. The molecule has 0 bridgehead atoms. The van der Waals surface area contributed by atoms with Crippen molar-refractivity contribution in [3.05, 3.63) is 36.0 Å². The van der Waals surface area contributed by atoms with E-state index in [9.17, 15) is 9.59 Å². The zero-order valence-electron chi connectivity index (χ0n) is 16.5. The van der Waals surface area contributed by atoms with Gasteiger partial charge in [0.1, 0.15) is 6.04 Å². The number of carbonyl (C=O) groups is 2. The third-order valence-corrected chi connectivity index (χ3v) is 5.62. The van der Waals surface area contributed by atoms with Gasteiger partial charge in [0.2, 0.25) is 0 Å². The number of aromatic nitrogens is 1. The molecular weight excluding hydrogens is 340 g/mol. The molecule has 1 amide bonds. The van der Waals surface area contributed by atoms with Gasteiger partial charge in [-0.15, -0.1) is 0 Å². The van der Waals surface area contributed by atoms with Crippen LogP contribution in [0.15, 0.2) is 30.5 Å². The number of nitrogens with zero attached hydrogens (tertiary/aromatic N) is 1. The van der Waals surface area contributed by atoms with Crippen LogP contribution in [0.5, 0.6) is 0 Å². The first-order chi connectivity index (χ1) is 13.0. The Morgan fingerprint density at radius 2 is 1.89 bits per heavy atom. The van der Waals surface area contributed by atoms with Crippen LogP contribution < -0.4 is 5.32 Å². The molecule has 2 aromatic rings. The summed E-state index contributed by atoms with van der Waals surface area (Å²) in [5.74, 6) is -0.0112. The highest BCUT2D eigenvalue weighted by atomic mass is 16.5. The summed E-state index contributed by atoms with van der Waals surface area (Å²) in [6.45, 7) is 4.74. The average molecular weight is 370 g/mol. The first-order valence-electron chi connectivity index (χ1n) is 9.97. The molecule has 1 atom stereocenters. The van der Waals surface area contributed by atoms with Crippen molar-refractivity contribution in [2.75, 3.05) is 7.11 Å². The highest BCUT2D eigenvalue weighted by Crippen LogP contribution is 2.28. The minimum atomic E-state index is -0.650. The molecule has 27 heavy (non-hydrogen) atoms. The molecule has 1 unspecified atom stereocenters. The summed E-state index contributed by atoms with van der Waals surface area (Å²) in [6.07, 6.45) is 8.39. The molecule has 1 N–H and O–H groups in total. The molecule has 1 fully saturated rings. The molecule has 0 saturated heterocycles. The van der Waals surface area contributed by atoms with E-state index in [1.165, 1.54) is 39.2 Å². The zero-order chi connectivity index (χ0) is 19.4. The van der Waals surface area contributed by atoms with Crippen LogP contribution >= 0.6 is 0 Å². The number of carbonyl (C=O) groups excluding carboxylic acids is 2. The molecule has 3 rings (SSSR count). The van der Waals surface area contributed by atoms with E-state index >= 15 is 0 Å². The van der Waals surface area contributed by atoms with Crippen LogP contribution in [0.1, 0.15) is 56.3 Å². The third kappa shape index (κ3) is 4.34. The molecule has 1 heterocycles. The summed E-state index contributed by atoms with van der Waals surface area (Å²) in [4.78, 5) is 25.0. The summed E-state index contributed by atoms with van der Waals surface area (Å²) in [6, 6.07) is 7.35. The van der Waals surface area contributed by atoms with Gasteiger partial charge in [-0.25, -0.2) is 4.79 Å². The number of hydrogen-bond donors (Lipinski definition) is 1. The quantitative estimate of drug-likeness (QED) is 0.777. The van der Waals surface area contributed by atoms with Crippen LogP contribution in [-0.4, -0.2) is 29.6 Å². The monoisotopic (exact) mass is 370 g/mol. The maximum Gasteiger partial charge on any atom is 0.328 e.